The molecule has 0 radical (unpaired) electrons. The quantitative estimate of drug-likeness (QED) is 0.149. The second kappa shape index (κ2) is 16.2. The van der Waals surface area contributed by atoms with E-state index in [1.54, 1.807) is 0 Å². The van der Waals surface area contributed by atoms with Crippen LogP contribution in [0.2, 0.25) is 0 Å². The van der Waals surface area contributed by atoms with E-state index in [1.807, 2.05) is 12.1 Å². The van der Waals surface area contributed by atoms with Crippen molar-refractivity contribution < 1.29 is 19.7 Å². The fourth-order valence-corrected chi connectivity index (χ4v) is 12.7. The van der Waals surface area contributed by atoms with E-state index in [4.69, 9.17) is 9.47 Å². The van der Waals surface area contributed by atoms with Crippen molar-refractivity contribution in [2.75, 3.05) is 0 Å². The average Bonchev–Trinajstić information content (AvgIpc) is 4.04. The fraction of sp³-hybridized carbons (Fsp3) is 0.250. The van der Waals surface area contributed by atoms with Gasteiger partial charge in [-0.05, 0) is 72.2 Å². The molecule has 5 heteroatoms. The molecule has 0 atom stereocenters. The topological polar surface area (TPSA) is 58.9 Å². The smallest absolute Gasteiger partial charge is 0.148 e. The predicted octanol–water partition coefficient (Wildman–Crippen LogP) is 16.7. The number of rotatable bonds is 8. The molecule has 0 spiro atoms. The van der Waals surface area contributed by atoms with E-state index < -0.39 is 11.2 Å². The molecule has 0 amide bonds. The first kappa shape index (κ1) is 43.5. The number of aliphatic hydroxyl groups is 2. The van der Waals surface area contributed by atoms with Gasteiger partial charge in [0, 0.05) is 92.7 Å². The number of hydrogen-bond donors (Lipinski definition) is 2. The van der Waals surface area contributed by atoms with Crippen LogP contribution in [0.15, 0.2) is 182 Å². The van der Waals surface area contributed by atoms with Crippen molar-refractivity contribution in [3.8, 4) is 45.3 Å². The van der Waals surface area contributed by atoms with Gasteiger partial charge in [0.25, 0.3) is 0 Å². The maximum atomic E-state index is 13.1. The van der Waals surface area contributed by atoms with Crippen molar-refractivity contribution in [2.24, 2.45) is 0 Å². The predicted molar refractivity (Wildman–Crippen MR) is 279 cm³/mol. The fourth-order valence-electron chi connectivity index (χ4n) is 12.7. The lowest BCUT2D eigenvalue weighted by molar-refractivity contribution is 0.0447. The van der Waals surface area contributed by atoms with Crippen LogP contribution >= 0.6 is 0 Å². The first-order chi connectivity index (χ1) is 33.4. The van der Waals surface area contributed by atoms with Crippen molar-refractivity contribution in [2.45, 2.75) is 101 Å². The van der Waals surface area contributed by atoms with Crippen molar-refractivity contribution in [3.05, 3.63) is 215 Å². The summed E-state index contributed by atoms with van der Waals surface area (Å²) >= 11 is 0. The lowest BCUT2D eigenvalue weighted by atomic mass is 9.74. The van der Waals surface area contributed by atoms with Gasteiger partial charge in [-0.3, -0.25) is 0 Å². The maximum absolute atomic E-state index is 13.1. The number of ether oxygens (including phenoxy) is 2. The number of fused-ring (bicyclic) bond motifs is 4. The first-order valence-electron chi connectivity index (χ1n) is 25.0. The van der Waals surface area contributed by atoms with Gasteiger partial charge in [-0.1, -0.05) is 163 Å². The zero-order chi connectivity index (χ0) is 47.2. The highest BCUT2D eigenvalue weighted by Gasteiger charge is 2.46. The molecule has 0 bridgehead atoms. The van der Waals surface area contributed by atoms with Crippen LogP contribution in [0.3, 0.4) is 0 Å². The number of quaternary nitrogens is 1. The Hall–Kier alpha value is -6.76. The minimum absolute atomic E-state index is 0.210. The van der Waals surface area contributed by atoms with Gasteiger partial charge >= 0.3 is 0 Å². The van der Waals surface area contributed by atoms with Crippen LogP contribution in [-0.4, -0.2) is 10.2 Å². The molecule has 0 saturated heterocycles. The largest absolute Gasteiger partial charge is 0.456 e. The summed E-state index contributed by atoms with van der Waals surface area (Å²) in [6.07, 6.45) is 6.45. The number of hydrogen-bond acceptors (Lipinski definition) is 4. The Morgan fingerprint density at radius 2 is 0.710 bits per heavy atom. The van der Waals surface area contributed by atoms with E-state index in [-0.39, 0.29) is 15.3 Å². The first-order valence-corrected chi connectivity index (χ1v) is 25.0. The van der Waals surface area contributed by atoms with Crippen LogP contribution in [0.4, 0.5) is 22.7 Å². The van der Waals surface area contributed by atoms with E-state index in [9.17, 15) is 10.2 Å². The Bertz CT molecular complexity index is 3050. The van der Waals surface area contributed by atoms with Crippen LogP contribution in [0.5, 0.6) is 23.0 Å². The van der Waals surface area contributed by atoms with E-state index in [0.717, 1.165) is 127 Å². The second-order valence-corrected chi connectivity index (χ2v) is 21.1. The van der Waals surface area contributed by atoms with Gasteiger partial charge < -0.3 is 19.7 Å². The van der Waals surface area contributed by atoms with Gasteiger partial charge in [-0.2, -0.15) is 4.48 Å². The highest BCUT2D eigenvalue weighted by Crippen LogP contribution is 2.59. The highest BCUT2D eigenvalue weighted by atomic mass is 16.5. The molecule has 2 aliphatic carbocycles. The van der Waals surface area contributed by atoms with Crippen LogP contribution < -0.4 is 14.0 Å². The summed E-state index contributed by atoms with van der Waals surface area (Å²) in [6, 6.07) is 64.8. The summed E-state index contributed by atoms with van der Waals surface area (Å²) in [5.41, 5.74) is 11.6. The molecule has 344 valence electrons. The Balaban J connectivity index is 1.12. The van der Waals surface area contributed by atoms with E-state index >= 15 is 0 Å². The zero-order valence-electron chi connectivity index (χ0n) is 40.1. The molecule has 8 aromatic carbocycles. The van der Waals surface area contributed by atoms with Gasteiger partial charge in [0.15, 0.2) is 0 Å². The van der Waals surface area contributed by atoms with Crippen LogP contribution in [0.25, 0.3) is 22.3 Å². The molecule has 2 saturated carbocycles. The highest BCUT2D eigenvalue weighted by molar-refractivity contribution is 5.88. The summed E-state index contributed by atoms with van der Waals surface area (Å²) in [6.45, 7) is 9.10. The van der Waals surface area contributed by atoms with Gasteiger partial charge in [0.1, 0.15) is 45.7 Å². The molecule has 4 aliphatic rings. The third-order valence-corrected chi connectivity index (χ3v) is 16.4. The van der Waals surface area contributed by atoms with Crippen molar-refractivity contribution >= 4 is 22.7 Å². The summed E-state index contributed by atoms with van der Waals surface area (Å²) < 4.78 is 14.0. The minimum atomic E-state index is -1.06. The second-order valence-electron chi connectivity index (χ2n) is 21.1. The summed E-state index contributed by atoms with van der Waals surface area (Å²) in [4.78, 5) is 0. The summed E-state index contributed by atoms with van der Waals surface area (Å²) in [5.74, 6) is 3.41. The van der Waals surface area contributed by atoms with Crippen LogP contribution in [0.1, 0.15) is 112 Å². The average molecular weight is 907 g/mol. The molecule has 2 fully saturated rings. The molecule has 2 aliphatic heterocycles. The molecular formula is C64H60NO4+. The molecular weight excluding hydrogens is 847 g/mol. The number of para-hydroxylation sites is 6. The zero-order valence-corrected chi connectivity index (χ0v) is 40.1. The third kappa shape index (κ3) is 6.69. The van der Waals surface area contributed by atoms with Gasteiger partial charge in [0.2, 0.25) is 0 Å². The lowest BCUT2D eigenvalue weighted by Gasteiger charge is -2.40. The lowest BCUT2D eigenvalue weighted by Crippen LogP contribution is -2.35. The molecule has 12 rings (SSSR count). The molecule has 69 heavy (non-hydrogen) atoms. The van der Waals surface area contributed by atoms with E-state index in [1.165, 1.54) is 0 Å². The SMILES string of the molecule is CC1(C)c2ccccc2Oc2c(-c3ccc([N+](c4ccccc4)(c4ccccc4)c4ccc(-c5cccc6c5Oc5ccccc5C6(C)C)c(C5(O)CCCC5)c4)cc3C3(O)CCCC3)cccc21. The molecule has 2 N–H and O–H groups in total. The minimum Gasteiger partial charge on any atom is -0.456 e. The Kier molecular flexibility index (Phi) is 10.2. The van der Waals surface area contributed by atoms with Crippen LogP contribution in [-0.2, 0) is 22.0 Å². The Morgan fingerprint density at radius 3 is 1.12 bits per heavy atom. The summed E-state index contributed by atoms with van der Waals surface area (Å²) in [5, 5.41) is 26.1. The van der Waals surface area contributed by atoms with E-state index in [0.29, 0.717) is 25.7 Å². The molecule has 0 unspecified atom stereocenters. The maximum Gasteiger partial charge on any atom is 0.148 e. The molecule has 8 aromatic rings. The number of benzene rings is 8. The van der Waals surface area contributed by atoms with E-state index in [2.05, 4.69) is 198 Å². The Labute approximate surface area is 406 Å². The van der Waals surface area contributed by atoms with Crippen molar-refractivity contribution in [3.63, 3.8) is 0 Å². The van der Waals surface area contributed by atoms with Gasteiger partial charge in [-0.25, -0.2) is 0 Å². The summed E-state index contributed by atoms with van der Waals surface area (Å²) in [7, 11) is 0. The van der Waals surface area contributed by atoms with Gasteiger partial charge in [0.05, 0.1) is 11.2 Å². The standard InChI is InChI=1S/C64H60NO4/c1-61(2)51-27-11-13-31-57(51)68-59-49(25-19-29-53(59)61)47-35-33-45(41-55(47)63(66)37-15-16-38-63)65(43-21-7-5-8-22-43,44-23-9-6-10-24-44)46-34-36-48(56(42-46)64(67)39-17-18-40-64)50-26-20-30-54-60(50)69-58-32-14-12-28-52(58)62(54,3)4/h5-14,19-36,41-42,66-67H,15-18,37-40H2,1-4H3/q+1. The normalized spacial score (nSPS) is 17.9. The van der Waals surface area contributed by atoms with Crippen LogP contribution in [0, 0.1) is 0 Å². The van der Waals surface area contributed by atoms with Crippen molar-refractivity contribution in [1.29, 1.82) is 0 Å². The molecule has 0 aromatic heterocycles. The third-order valence-electron chi connectivity index (χ3n) is 16.4. The monoisotopic (exact) mass is 906 g/mol. The Morgan fingerprint density at radius 1 is 0.348 bits per heavy atom. The number of nitrogens with zero attached hydrogens (tertiary/aromatic N) is 1. The molecule has 5 nitrogen and oxygen atoms in total. The van der Waals surface area contributed by atoms with Gasteiger partial charge in [-0.15, -0.1) is 0 Å². The molecule has 2 heterocycles. The van der Waals surface area contributed by atoms with Crippen molar-refractivity contribution in [1.82, 2.24) is 4.48 Å².